The van der Waals surface area contributed by atoms with Crippen molar-refractivity contribution in [2.45, 2.75) is 31.2 Å². The third-order valence-corrected chi connectivity index (χ3v) is 4.03. The highest BCUT2D eigenvalue weighted by molar-refractivity contribution is 7.99. The lowest BCUT2D eigenvalue weighted by molar-refractivity contribution is -0.121. The number of nitrogens with one attached hydrogen (secondary N) is 2. The van der Waals surface area contributed by atoms with Crippen LogP contribution in [-0.4, -0.2) is 21.9 Å². The summed E-state index contributed by atoms with van der Waals surface area (Å²) in [7, 11) is 0. The van der Waals surface area contributed by atoms with E-state index in [4.69, 9.17) is 0 Å². The predicted octanol–water partition coefficient (Wildman–Crippen LogP) is 3.08. The van der Waals surface area contributed by atoms with E-state index < -0.39 is 0 Å². The van der Waals surface area contributed by atoms with Crippen LogP contribution in [0.25, 0.3) is 0 Å². The Balaban J connectivity index is 1.71. The molecule has 0 fully saturated rings. The summed E-state index contributed by atoms with van der Waals surface area (Å²) in [5.74, 6) is 0.853. The normalized spacial score (nSPS) is 12.1. The summed E-state index contributed by atoms with van der Waals surface area (Å²) in [6.07, 6.45) is 4.04. The number of hydrogen-bond acceptors (Lipinski definition) is 3. The van der Waals surface area contributed by atoms with E-state index >= 15 is 0 Å². The summed E-state index contributed by atoms with van der Waals surface area (Å²) >= 11 is 1.70. The van der Waals surface area contributed by atoms with Crippen molar-refractivity contribution in [3.05, 3.63) is 47.8 Å². The summed E-state index contributed by atoms with van der Waals surface area (Å²) in [6.45, 7) is 4.02. The van der Waals surface area contributed by atoms with E-state index in [2.05, 4.69) is 46.7 Å². The molecule has 1 atom stereocenters. The second-order valence-electron chi connectivity index (χ2n) is 4.73. The molecule has 0 aliphatic heterocycles. The van der Waals surface area contributed by atoms with Gasteiger partial charge in [-0.15, -0.1) is 11.8 Å². The molecule has 0 spiro atoms. The minimum absolute atomic E-state index is 0.00868. The fraction of sp³-hybridized carbons (Fsp3) is 0.333. The van der Waals surface area contributed by atoms with Crippen LogP contribution in [0.3, 0.4) is 0 Å². The van der Waals surface area contributed by atoms with E-state index in [0.717, 1.165) is 11.3 Å². The van der Waals surface area contributed by atoms with Crippen LogP contribution in [-0.2, 0) is 4.79 Å². The van der Waals surface area contributed by atoms with Gasteiger partial charge in [-0.1, -0.05) is 17.7 Å². The SMILES string of the molecule is Cc1ccc(SCCC(=O)NC(C)c2cn[nH]c2)cc1. The van der Waals surface area contributed by atoms with Crippen molar-refractivity contribution in [3.8, 4) is 0 Å². The summed E-state index contributed by atoms with van der Waals surface area (Å²) in [5, 5.41) is 9.59. The number of thioether (sulfide) groups is 1. The Hall–Kier alpha value is -1.75. The molecule has 1 unspecified atom stereocenters. The summed E-state index contributed by atoms with van der Waals surface area (Å²) in [5.41, 5.74) is 2.24. The van der Waals surface area contributed by atoms with Crippen LogP contribution in [0.1, 0.15) is 30.5 Å². The van der Waals surface area contributed by atoms with Gasteiger partial charge in [-0.05, 0) is 26.0 Å². The maximum atomic E-state index is 11.8. The average molecular weight is 289 g/mol. The number of amides is 1. The van der Waals surface area contributed by atoms with Crippen molar-refractivity contribution < 1.29 is 4.79 Å². The van der Waals surface area contributed by atoms with Gasteiger partial charge in [-0.2, -0.15) is 5.10 Å². The van der Waals surface area contributed by atoms with Crippen molar-refractivity contribution in [2.24, 2.45) is 0 Å². The molecular weight excluding hydrogens is 270 g/mol. The van der Waals surface area contributed by atoms with Crippen molar-refractivity contribution >= 4 is 17.7 Å². The molecule has 5 heteroatoms. The molecule has 1 amide bonds. The molecule has 2 rings (SSSR count). The zero-order valence-corrected chi connectivity index (χ0v) is 12.5. The number of carbonyl (C=O) groups is 1. The molecule has 1 aromatic carbocycles. The first-order valence-corrected chi connectivity index (χ1v) is 7.61. The molecular formula is C15H19N3OS. The van der Waals surface area contributed by atoms with Crippen LogP contribution in [0, 0.1) is 6.92 Å². The van der Waals surface area contributed by atoms with Gasteiger partial charge in [0.25, 0.3) is 0 Å². The number of nitrogens with zero attached hydrogens (tertiary/aromatic N) is 1. The number of benzene rings is 1. The largest absolute Gasteiger partial charge is 0.349 e. The molecule has 4 nitrogen and oxygen atoms in total. The monoisotopic (exact) mass is 289 g/mol. The van der Waals surface area contributed by atoms with E-state index in [1.165, 1.54) is 10.5 Å². The summed E-state index contributed by atoms with van der Waals surface area (Å²) < 4.78 is 0. The summed E-state index contributed by atoms with van der Waals surface area (Å²) in [4.78, 5) is 13.0. The van der Waals surface area contributed by atoms with E-state index in [-0.39, 0.29) is 11.9 Å². The van der Waals surface area contributed by atoms with Gasteiger partial charge < -0.3 is 5.32 Å². The van der Waals surface area contributed by atoms with Gasteiger partial charge in [0.2, 0.25) is 5.91 Å². The zero-order valence-electron chi connectivity index (χ0n) is 11.7. The van der Waals surface area contributed by atoms with Crippen molar-refractivity contribution in [1.82, 2.24) is 15.5 Å². The summed E-state index contributed by atoms with van der Waals surface area (Å²) in [6, 6.07) is 8.34. The Kier molecular flexibility index (Phi) is 5.24. The Morgan fingerprint density at radius 3 is 2.80 bits per heavy atom. The molecule has 0 radical (unpaired) electrons. The predicted molar refractivity (Wildman–Crippen MR) is 81.7 cm³/mol. The first kappa shape index (κ1) is 14.7. The first-order chi connectivity index (χ1) is 9.65. The molecule has 0 saturated heterocycles. The Morgan fingerprint density at radius 1 is 1.40 bits per heavy atom. The quantitative estimate of drug-likeness (QED) is 0.803. The highest BCUT2D eigenvalue weighted by atomic mass is 32.2. The Labute approximate surface area is 123 Å². The molecule has 0 bridgehead atoms. The molecule has 1 aromatic heterocycles. The van der Waals surface area contributed by atoms with Gasteiger partial charge in [-0.3, -0.25) is 9.89 Å². The maximum Gasteiger partial charge on any atom is 0.221 e. The topological polar surface area (TPSA) is 57.8 Å². The van der Waals surface area contributed by atoms with Crippen LogP contribution in [0.4, 0.5) is 0 Å². The Bertz CT molecular complexity index is 537. The number of rotatable bonds is 6. The van der Waals surface area contributed by atoms with Crippen LogP contribution in [0.2, 0.25) is 0 Å². The molecule has 106 valence electrons. The average Bonchev–Trinajstić information content (AvgIpc) is 2.95. The number of H-pyrrole nitrogens is 1. The number of aromatic nitrogens is 2. The number of hydrogen-bond donors (Lipinski definition) is 2. The van der Waals surface area contributed by atoms with Crippen molar-refractivity contribution in [2.75, 3.05) is 5.75 Å². The highest BCUT2D eigenvalue weighted by Crippen LogP contribution is 2.19. The van der Waals surface area contributed by atoms with E-state index in [9.17, 15) is 4.79 Å². The Morgan fingerprint density at radius 2 is 2.15 bits per heavy atom. The van der Waals surface area contributed by atoms with E-state index in [1.54, 1.807) is 24.2 Å². The van der Waals surface area contributed by atoms with Crippen LogP contribution >= 0.6 is 11.8 Å². The molecule has 0 aliphatic carbocycles. The fourth-order valence-corrected chi connectivity index (χ4v) is 2.64. The van der Waals surface area contributed by atoms with E-state index in [0.29, 0.717) is 6.42 Å². The molecule has 2 N–H and O–H groups in total. The molecule has 2 aromatic rings. The van der Waals surface area contributed by atoms with Gasteiger partial charge in [0.1, 0.15) is 0 Å². The van der Waals surface area contributed by atoms with Crippen LogP contribution in [0.15, 0.2) is 41.6 Å². The highest BCUT2D eigenvalue weighted by Gasteiger charge is 2.10. The third-order valence-electron chi connectivity index (χ3n) is 3.02. The van der Waals surface area contributed by atoms with Gasteiger partial charge in [-0.25, -0.2) is 0 Å². The molecule has 0 saturated carbocycles. The second-order valence-corrected chi connectivity index (χ2v) is 5.90. The van der Waals surface area contributed by atoms with E-state index in [1.807, 2.05) is 6.92 Å². The van der Waals surface area contributed by atoms with Gasteiger partial charge in [0.05, 0.1) is 12.2 Å². The number of aromatic amines is 1. The van der Waals surface area contributed by atoms with Gasteiger partial charge >= 0.3 is 0 Å². The third kappa shape index (κ3) is 4.42. The minimum Gasteiger partial charge on any atom is -0.349 e. The first-order valence-electron chi connectivity index (χ1n) is 6.62. The fourth-order valence-electron chi connectivity index (χ4n) is 1.79. The smallest absolute Gasteiger partial charge is 0.221 e. The van der Waals surface area contributed by atoms with Crippen LogP contribution < -0.4 is 5.32 Å². The lowest BCUT2D eigenvalue weighted by atomic mass is 10.2. The molecule has 20 heavy (non-hydrogen) atoms. The molecule has 1 heterocycles. The number of carbonyl (C=O) groups excluding carboxylic acids is 1. The van der Waals surface area contributed by atoms with Crippen molar-refractivity contribution in [1.29, 1.82) is 0 Å². The lowest BCUT2D eigenvalue weighted by Gasteiger charge is -2.11. The van der Waals surface area contributed by atoms with Crippen LogP contribution in [0.5, 0.6) is 0 Å². The van der Waals surface area contributed by atoms with Gasteiger partial charge in [0.15, 0.2) is 0 Å². The maximum absolute atomic E-state index is 11.8. The standard InChI is InChI=1S/C15H19N3OS/c1-11-3-5-14(6-4-11)20-8-7-15(19)18-12(2)13-9-16-17-10-13/h3-6,9-10,12H,7-8H2,1-2H3,(H,16,17)(H,18,19). The van der Waals surface area contributed by atoms with Gasteiger partial charge in [0, 0.05) is 28.8 Å². The second kappa shape index (κ2) is 7.14. The lowest BCUT2D eigenvalue weighted by Crippen LogP contribution is -2.26. The zero-order chi connectivity index (χ0) is 14.4. The minimum atomic E-state index is -0.00868. The molecule has 0 aliphatic rings. The number of aryl methyl sites for hydroxylation is 1. The van der Waals surface area contributed by atoms with Crippen molar-refractivity contribution in [3.63, 3.8) is 0 Å².